The molecule has 0 aliphatic rings. The second-order valence-corrected chi connectivity index (χ2v) is 4.15. The van der Waals surface area contributed by atoms with E-state index >= 15 is 0 Å². The van der Waals surface area contributed by atoms with Crippen LogP contribution in [0.4, 0.5) is 0 Å². The van der Waals surface area contributed by atoms with Gasteiger partial charge in [-0.2, -0.15) is 0 Å². The standard InChI is InChI=1S/C14H11BN2/c15-12-7-5-10(6-8-12)14-9-11-3-1-2-4-13(11)16-17-14/h1-9H,15H2. The van der Waals surface area contributed by atoms with E-state index in [1.54, 1.807) is 0 Å². The van der Waals surface area contributed by atoms with Crippen molar-refractivity contribution in [2.45, 2.75) is 0 Å². The molecule has 0 aliphatic heterocycles. The van der Waals surface area contributed by atoms with Crippen LogP contribution in [0.5, 0.6) is 0 Å². The lowest BCUT2D eigenvalue weighted by Gasteiger charge is -2.02. The molecule has 0 unspecified atom stereocenters. The van der Waals surface area contributed by atoms with E-state index in [-0.39, 0.29) is 0 Å². The van der Waals surface area contributed by atoms with Gasteiger partial charge in [0.05, 0.1) is 11.2 Å². The van der Waals surface area contributed by atoms with Crippen LogP contribution in [0.3, 0.4) is 0 Å². The Kier molecular flexibility index (Phi) is 2.37. The van der Waals surface area contributed by atoms with Gasteiger partial charge in [-0.25, -0.2) is 0 Å². The summed E-state index contributed by atoms with van der Waals surface area (Å²) in [6.07, 6.45) is 0. The van der Waals surface area contributed by atoms with Crippen LogP contribution < -0.4 is 5.46 Å². The third kappa shape index (κ3) is 1.92. The molecular weight excluding hydrogens is 207 g/mol. The lowest BCUT2D eigenvalue weighted by molar-refractivity contribution is 1.08. The van der Waals surface area contributed by atoms with Crippen LogP contribution >= 0.6 is 0 Å². The van der Waals surface area contributed by atoms with Crippen molar-refractivity contribution in [1.29, 1.82) is 0 Å². The largest absolute Gasteiger partial charge is 0.150 e. The van der Waals surface area contributed by atoms with E-state index in [0.29, 0.717) is 0 Å². The van der Waals surface area contributed by atoms with Gasteiger partial charge in [0.1, 0.15) is 7.85 Å². The van der Waals surface area contributed by atoms with Crippen molar-refractivity contribution in [1.82, 2.24) is 10.2 Å². The van der Waals surface area contributed by atoms with Crippen LogP contribution in [0.1, 0.15) is 0 Å². The number of nitrogens with zero attached hydrogens (tertiary/aromatic N) is 2. The maximum Gasteiger partial charge on any atom is 0.139 e. The third-order valence-electron chi connectivity index (χ3n) is 2.84. The molecular formula is C14H11BN2. The van der Waals surface area contributed by atoms with Gasteiger partial charge in [0.2, 0.25) is 0 Å². The van der Waals surface area contributed by atoms with Gasteiger partial charge >= 0.3 is 0 Å². The summed E-state index contributed by atoms with van der Waals surface area (Å²) in [4.78, 5) is 0. The van der Waals surface area contributed by atoms with E-state index in [0.717, 1.165) is 22.2 Å². The second kappa shape index (κ2) is 4.02. The molecule has 0 N–H and O–H groups in total. The number of benzene rings is 2. The highest BCUT2D eigenvalue weighted by atomic mass is 15.1. The third-order valence-corrected chi connectivity index (χ3v) is 2.84. The lowest BCUT2D eigenvalue weighted by Crippen LogP contribution is -1.99. The summed E-state index contributed by atoms with van der Waals surface area (Å²) in [5.41, 5.74) is 4.21. The predicted octanol–water partition coefficient (Wildman–Crippen LogP) is 1.56. The fourth-order valence-corrected chi connectivity index (χ4v) is 1.85. The Morgan fingerprint density at radius 3 is 2.41 bits per heavy atom. The van der Waals surface area contributed by atoms with Gasteiger partial charge in [-0.3, -0.25) is 0 Å². The number of aromatic nitrogens is 2. The number of rotatable bonds is 1. The first kappa shape index (κ1) is 10.0. The Morgan fingerprint density at radius 2 is 1.59 bits per heavy atom. The van der Waals surface area contributed by atoms with E-state index in [1.807, 2.05) is 18.2 Å². The van der Waals surface area contributed by atoms with Crippen molar-refractivity contribution in [2.75, 3.05) is 0 Å². The Bertz CT molecular complexity index is 662. The zero-order chi connectivity index (χ0) is 11.7. The number of hydrogen-bond acceptors (Lipinski definition) is 2. The Labute approximate surface area is 101 Å². The molecule has 3 heteroatoms. The zero-order valence-corrected chi connectivity index (χ0v) is 9.59. The Hall–Kier alpha value is -2.16. The molecule has 0 spiro atoms. The minimum Gasteiger partial charge on any atom is -0.150 e. The SMILES string of the molecule is Bc1ccc(-c2cc3ccccc3nn2)cc1. The molecule has 80 valence electrons. The molecule has 0 saturated carbocycles. The first-order valence-electron chi connectivity index (χ1n) is 5.62. The molecule has 0 atom stereocenters. The van der Waals surface area contributed by atoms with Crippen molar-refractivity contribution in [2.24, 2.45) is 0 Å². The van der Waals surface area contributed by atoms with Gasteiger partial charge in [-0.05, 0) is 12.1 Å². The van der Waals surface area contributed by atoms with Gasteiger partial charge in [-0.1, -0.05) is 47.9 Å². The highest BCUT2D eigenvalue weighted by Crippen LogP contribution is 2.19. The van der Waals surface area contributed by atoms with Gasteiger partial charge in [0, 0.05) is 10.9 Å². The quantitative estimate of drug-likeness (QED) is 0.579. The summed E-state index contributed by atoms with van der Waals surface area (Å²) >= 11 is 0. The normalized spacial score (nSPS) is 10.6. The van der Waals surface area contributed by atoms with E-state index in [2.05, 4.69) is 54.4 Å². The molecule has 17 heavy (non-hydrogen) atoms. The van der Waals surface area contributed by atoms with Crippen LogP contribution in [0.15, 0.2) is 54.6 Å². The first-order valence-corrected chi connectivity index (χ1v) is 5.62. The summed E-state index contributed by atoms with van der Waals surface area (Å²) in [5, 5.41) is 9.61. The van der Waals surface area contributed by atoms with E-state index in [1.165, 1.54) is 5.46 Å². The molecule has 1 aromatic heterocycles. The molecule has 0 bridgehead atoms. The molecule has 1 heterocycles. The minimum atomic E-state index is 0.920. The van der Waals surface area contributed by atoms with Crippen molar-refractivity contribution in [3.63, 3.8) is 0 Å². The van der Waals surface area contributed by atoms with Gasteiger partial charge in [-0.15, -0.1) is 10.2 Å². The van der Waals surface area contributed by atoms with Crippen LogP contribution in [0.2, 0.25) is 0 Å². The number of hydrogen-bond donors (Lipinski definition) is 0. The lowest BCUT2D eigenvalue weighted by atomic mass is 9.95. The molecule has 0 saturated heterocycles. The van der Waals surface area contributed by atoms with Crippen molar-refractivity contribution in [3.8, 4) is 11.3 Å². The predicted molar refractivity (Wildman–Crippen MR) is 73.2 cm³/mol. The van der Waals surface area contributed by atoms with Crippen molar-refractivity contribution in [3.05, 3.63) is 54.6 Å². The molecule has 0 aliphatic carbocycles. The molecule has 3 aromatic rings. The number of fused-ring (bicyclic) bond motifs is 1. The highest BCUT2D eigenvalue weighted by Gasteiger charge is 2.01. The Balaban J connectivity index is 2.14. The van der Waals surface area contributed by atoms with Crippen LogP contribution in [-0.2, 0) is 0 Å². The van der Waals surface area contributed by atoms with E-state index in [9.17, 15) is 0 Å². The molecule has 2 nitrogen and oxygen atoms in total. The Morgan fingerprint density at radius 1 is 0.824 bits per heavy atom. The maximum atomic E-state index is 4.26. The fraction of sp³-hybridized carbons (Fsp3) is 0. The highest BCUT2D eigenvalue weighted by molar-refractivity contribution is 6.32. The van der Waals surface area contributed by atoms with Crippen molar-refractivity contribution < 1.29 is 0 Å². The van der Waals surface area contributed by atoms with Gasteiger partial charge in [0.25, 0.3) is 0 Å². The van der Waals surface area contributed by atoms with Crippen LogP contribution in [0.25, 0.3) is 22.2 Å². The monoisotopic (exact) mass is 218 g/mol. The summed E-state index contributed by atoms with van der Waals surface area (Å²) in [6.45, 7) is 0. The van der Waals surface area contributed by atoms with Crippen LogP contribution in [0, 0.1) is 0 Å². The molecule has 0 radical (unpaired) electrons. The summed E-state index contributed by atoms with van der Waals surface area (Å²) in [5.74, 6) is 0. The molecule has 3 rings (SSSR count). The molecule has 0 fully saturated rings. The summed E-state index contributed by atoms with van der Waals surface area (Å²) < 4.78 is 0. The van der Waals surface area contributed by atoms with Crippen LogP contribution in [-0.4, -0.2) is 18.0 Å². The van der Waals surface area contributed by atoms with E-state index < -0.39 is 0 Å². The average molecular weight is 218 g/mol. The average Bonchev–Trinajstić information content (AvgIpc) is 2.39. The summed E-state index contributed by atoms with van der Waals surface area (Å²) in [7, 11) is 2.08. The first-order chi connectivity index (χ1) is 8.33. The van der Waals surface area contributed by atoms with Gasteiger partial charge in [0.15, 0.2) is 0 Å². The second-order valence-electron chi connectivity index (χ2n) is 4.15. The summed E-state index contributed by atoms with van der Waals surface area (Å²) in [6, 6.07) is 18.4. The van der Waals surface area contributed by atoms with Crippen molar-refractivity contribution >= 4 is 24.2 Å². The fourth-order valence-electron chi connectivity index (χ4n) is 1.85. The maximum absolute atomic E-state index is 4.26. The molecule has 2 aromatic carbocycles. The molecule has 0 amide bonds. The topological polar surface area (TPSA) is 25.8 Å². The smallest absolute Gasteiger partial charge is 0.139 e. The minimum absolute atomic E-state index is 0.920. The zero-order valence-electron chi connectivity index (χ0n) is 9.59. The van der Waals surface area contributed by atoms with E-state index in [4.69, 9.17) is 0 Å². The van der Waals surface area contributed by atoms with Gasteiger partial charge < -0.3 is 0 Å².